The largest absolute Gasteiger partial charge is 0.306 e. The van der Waals surface area contributed by atoms with Crippen LogP contribution in [0.4, 0.5) is 4.39 Å². The van der Waals surface area contributed by atoms with Crippen LogP contribution < -0.4 is 5.32 Å². The first-order chi connectivity index (χ1) is 8.27. The molecular weight excluding hydrogens is 233 g/mol. The van der Waals surface area contributed by atoms with Gasteiger partial charge >= 0.3 is 0 Å². The van der Waals surface area contributed by atoms with Crippen LogP contribution in [0.1, 0.15) is 27.6 Å². The Bertz CT molecular complexity index is 547. The van der Waals surface area contributed by atoms with Gasteiger partial charge in [-0.05, 0) is 47.5 Å². The van der Waals surface area contributed by atoms with Crippen molar-refractivity contribution in [3.63, 3.8) is 0 Å². The van der Waals surface area contributed by atoms with Gasteiger partial charge in [-0.2, -0.15) is 0 Å². The molecule has 0 amide bonds. The van der Waals surface area contributed by atoms with Gasteiger partial charge in [0.25, 0.3) is 0 Å². The average molecular weight is 247 g/mol. The zero-order chi connectivity index (χ0) is 11.8. The van der Waals surface area contributed by atoms with Crippen LogP contribution in [0.15, 0.2) is 29.6 Å². The number of aryl methyl sites for hydroxylation is 1. The summed E-state index contributed by atoms with van der Waals surface area (Å²) in [7, 11) is 0. The molecule has 3 rings (SSSR count). The van der Waals surface area contributed by atoms with Gasteiger partial charge in [0.05, 0.1) is 6.04 Å². The van der Waals surface area contributed by atoms with E-state index in [-0.39, 0.29) is 11.9 Å². The zero-order valence-electron chi connectivity index (χ0n) is 9.66. The lowest BCUT2D eigenvalue weighted by Gasteiger charge is -2.27. The molecular formula is C14H14FNS. The summed E-state index contributed by atoms with van der Waals surface area (Å²) >= 11 is 1.74. The lowest BCUT2D eigenvalue weighted by atomic mass is 9.90. The molecule has 0 aliphatic carbocycles. The summed E-state index contributed by atoms with van der Waals surface area (Å²) in [5.74, 6) is -0.0677. The van der Waals surface area contributed by atoms with Crippen molar-refractivity contribution in [3.05, 3.63) is 57.0 Å². The summed E-state index contributed by atoms with van der Waals surface area (Å²) in [6.07, 6.45) is 0.779. The number of rotatable bonds is 1. The van der Waals surface area contributed by atoms with Crippen molar-refractivity contribution in [2.24, 2.45) is 0 Å². The maximum atomic E-state index is 13.8. The minimum atomic E-state index is -0.0677. The van der Waals surface area contributed by atoms with Crippen LogP contribution in [0, 0.1) is 12.7 Å². The van der Waals surface area contributed by atoms with Crippen LogP contribution in [-0.2, 0) is 6.42 Å². The number of halogens is 1. The van der Waals surface area contributed by atoms with Crippen molar-refractivity contribution in [3.8, 4) is 0 Å². The van der Waals surface area contributed by atoms with E-state index in [4.69, 9.17) is 0 Å². The molecule has 1 atom stereocenters. The number of thiophene rings is 1. The first kappa shape index (κ1) is 10.9. The van der Waals surface area contributed by atoms with Gasteiger partial charge in [0.15, 0.2) is 0 Å². The fourth-order valence-electron chi connectivity index (χ4n) is 2.53. The number of hydrogen-bond donors (Lipinski definition) is 1. The van der Waals surface area contributed by atoms with Crippen molar-refractivity contribution in [2.45, 2.75) is 19.4 Å². The van der Waals surface area contributed by atoms with Gasteiger partial charge in [0.2, 0.25) is 0 Å². The number of nitrogens with one attached hydrogen (secondary N) is 1. The molecule has 1 unspecified atom stereocenters. The highest BCUT2D eigenvalue weighted by Gasteiger charge is 2.24. The third-order valence-electron chi connectivity index (χ3n) is 3.40. The molecule has 0 saturated heterocycles. The Morgan fingerprint density at radius 1 is 1.29 bits per heavy atom. The van der Waals surface area contributed by atoms with E-state index in [2.05, 4.69) is 23.7 Å². The lowest BCUT2D eigenvalue weighted by molar-refractivity contribution is 0.531. The second-order valence-corrected chi connectivity index (χ2v) is 5.50. The van der Waals surface area contributed by atoms with E-state index < -0.39 is 0 Å². The van der Waals surface area contributed by atoms with Crippen LogP contribution in [0.3, 0.4) is 0 Å². The van der Waals surface area contributed by atoms with Crippen LogP contribution in [0.25, 0.3) is 0 Å². The maximum Gasteiger partial charge on any atom is 0.126 e. The first-order valence-corrected chi connectivity index (χ1v) is 6.70. The molecule has 1 nitrogen and oxygen atoms in total. The molecule has 0 spiro atoms. The van der Waals surface area contributed by atoms with Crippen molar-refractivity contribution < 1.29 is 4.39 Å². The minimum absolute atomic E-state index is 0.0677. The van der Waals surface area contributed by atoms with Crippen molar-refractivity contribution >= 4 is 11.3 Å². The third-order valence-corrected chi connectivity index (χ3v) is 4.26. The predicted octanol–water partition coefficient (Wildman–Crippen LogP) is 3.43. The average Bonchev–Trinajstić information content (AvgIpc) is 2.75. The van der Waals surface area contributed by atoms with E-state index in [1.165, 1.54) is 10.4 Å². The summed E-state index contributed by atoms with van der Waals surface area (Å²) in [5, 5.41) is 5.58. The molecule has 0 fully saturated rings. The van der Waals surface area contributed by atoms with E-state index >= 15 is 0 Å². The Labute approximate surface area is 104 Å². The first-order valence-electron chi connectivity index (χ1n) is 5.82. The number of fused-ring (bicyclic) bond motifs is 1. The Morgan fingerprint density at radius 3 is 2.94 bits per heavy atom. The maximum absolute atomic E-state index is 13.8. The third kappa shape index (κ3) is 1.79. The highest BCUT2D eigenvalue weighted by Crippen LogP contribution is 2.33. The Hall–Kier alpha value is -1.19. The lowest BCUT2D eigenvalue weighted by Crippen LogP contribution is -2.31. The normalized spacial score (nSPS) is 19.1. The van der Waals surface area contributed by atoms with Crippen molar-refractivity contribution in [1.82, 2.24) is 5.32 Å². The summed E-state index contributed by atoms with van der Waals surface area (Å²) < 4.78 is 13.8. The van der Waals surface area contributed by atoms with Crippen LogP contribution in [0.5, 0.6) is 0 Å². The highest BCUT2D eigenvalue weighted by molar-refractivity contribution is 7.10. The number of benzene rings is 1. The molecule has 1 aliphatic rings. The second-order valence-electron chi connectivity index (χ2n) is 4.38. The van der Waals surface area contributed by atoms with E-state index in [0.29, 0.717) is 0 Å². The SMILES string of the molecule is Cc1sccc1C1NCCc2c(F)cccc21. The van der Waals surface area contributed by atoms with Gasteiger partial charge in [-0.3, -0.25) is 0 Å². The molecule has 3 heteroatoms. The standard InChI is InChI=1S/C14H14FNS/c1-9-10(6-8-17-9)14-12-3-2-4-13(15)11(12)5-7-16-14/h2-4,6,8,14,16H,5,7H2,1H3. The smallest absolute Gasteiger partial charge is 0.126 e. The Kier molecular flexibility index (Phi) is 2.73. The van der Waals surface area contributed by atoms with Crippen LogP contribution in [-0.4, -0.2) is 6.54 Å². The topological polar surface area (TPSA) is 12.0 Å². The molecule has 88 valence electrons. The van der Waals surface area contributed by atoms with Gasteiger partial charge in [0.1, 0.15) is 5.82 Å². The minimum Gasteiger partial charge on any atom is -0.306 e. The molecule has 0 radical (unpaired) electrons. The molecule has 1 aliphatic heterocycles. The highest BCUT2D eigenvalue weighted by atomic mass is 32.1. The molecule has 17 heavy (non-hydrogen) atoms. The zero-order valence-corrected chi connectivity index (χ0v) is 10.5. The van der Waals surface area contributed by atoms with E-state index in [1.807, 2.05) is 6.07 Å². The van der Waals surface area contributed by atoms with Gasteiger partial charge < -0.3 is 5.32 Å². The number of hydrogen-bond acceptors (Lipinski definition) is 2. The van der Waals surface area contributed by atoms with Gasteiger partial charge in [-0.1, -0.05) is 12.1 Å². The van der Waals surface area contributed by atoms with Gasteiger partial charge in [0, 0.05) is 11.4 Å². The molecule has 1 aromatic carbocycles. The molecule has 1 N–H and O–H groups in total. The van der Waals surface area contributed by atoms with Crippen LogP contribution in [0.2, 0.25) is 0 Å². The molecule has 2 heterocycles. The van der Waals surface area contributed by atoms with Gasteiger partial charge in [-0.15, -0.1) is 11.3 Å². The fourth-order valence-corrected chi connectivity index (χ4v) is 3.27. The molecule has 1 aromatic heterocycles. The Morgan fingerprint density at radius 2 is 2.18 bits per heavy atom. The monoisotopic (exact) mass is 247 g/mol. The summed E-state index contributed by atoms with van der Waals surface area (Å²) in [6.45, 7) is 2.96. The quantitative estimate of drug-likeness (QED) is 0.814. The van der Waals surface area contributed by atoms with Gasteiger partial charge in [-0.25, -0.2) is 4.39 Å². The summed E-state index contributed by atoms with van der Waals surface area (Å²) in [6, 6.07) is 7.68. The molecule has 0 bridgehead atoms. The Balaban J connectivity index is 2.12. The van der Waals surface area contributed by atoms with Crippen molar-refractivity contribution in [1.29, 1.82) is 0 Å². The predicted molar refractivity (Wildman–Crippen MR) is 69.0 cm³/mol. The molecule has 0 saturated carbocycles. The second kappa shape index (κ2) is 4.24. The van der Waals surface area contributed by atoms with Crippen molar-refractivity contribution in [2.75, 3.05) is 6.54 Å². The van der Waals surface area contributed by atoms with E-state index in [9.17, 15) is 4.39 Å². The van der Waals surface area contributed by atoms with E-state index in [1.54, 1.807) is 23.5 Å². The molecule has 2 aromatic rings. The van der Waals surface area contributed by atoms with E-state index in [0.717, 1.165) is 24.1 Å². The fraction of sp³-hybridized carbons (Fsp3) is 0.286. The summed E-state index contributed by atoms with van der Waals surface area (Å²) in [4.78, 5) is 1.31. The van der Waals surface area contributed by atoms with Crippen LogP contribution >= 0.6 is 11.3 Å². The summed E-state index contributed by atoms with van der Waals surface area (Å²) in [5.41, 5.74) is 3.25.